The highest BCUT2D eigenvalue weighted by atomic mass is 35.6. The fourth-order valence-corrected chi connectivity index (χ4v) is 2.70. The number of halogens is 7. The van der Waals surface area contributed by atoms with Gasteiger partial charge in [0.2, 0.25) is 3.79 Å². The number of para-hydroxylation sites is 1. The quantitative estimate of drug-likeness (QED) is 0.240. The lowest BCUT2D eigenvalue weighted by molar-refractivity contribution is -0.385. The molecular formula is C16H10Cl4F3N3O3. The first-order valence-corrected chi connectivity index (χ1v) is 9.06. The molecule has 0 aliphatic heterocycles. The van der Waals surface area contributed by atoms with Crippen LogP contribution >= 0.6 is 46.4 Å². The Balaban J connectivity index is 2.35. The summed E-state index contributed by atoms with van der Waals surface area (Å²) in [6, 6.07) is 7.39. The Hall–Kier alpha value is -1.94. The highest BCUT2D eigenvalue weighted by Gasteiger charge is 2.37. The summed E-state index contributed by atoms with van der Waals surface area (Å²) in [7, 11) is 0. The van der Waals surface area contributed by atoms with Crippen LogP contribution < -0.4 is 10.6 Å². The third kappa shape index (κ3) is 6.02. The van der Waals surface area contributed by atoms with Crippen LogP contribution in [0.1, 0.15) is 15.9 Å². The molecule has 1 unspecified atom stereocenters. The van der Waals surface area contributed by atoms with Gasteiger partial charge in [-0.2, -0.15) is 13.2 Å². The van der Waals surface area contributed by atoms with Gasteiger partial charge in [0.15, 0.2) is 0 Å². The first kappa shape index (κ1) is 23.3. The number of alkyl halides is 6. The average molecular weight is 491 g/mol. The fraction of sp³-hybridized carbons (Fsp3) is 0.188. The van der Waals surface area contributed by atoms with E-state index >= 15 is 0 Å². The van der Waals surface area contributed by atoms with Crippen molar-refractivity contribution in [3.8, 4) is 0 Å². The Morgan fingerprint density at radius 1 is 1.10 bits per heavy atom. The van der Waals surface area contributed by atoms with Gasteiger partial charge in [-0.25, -0.2) is 0 Å². The number of hydrogen-bond donors (Lipinski definition) is 2. The van der Waals surface area contributed by atoms with Gasteiger partial charge in [-0.1, -0.05) is 58.5 Å². The van der Waals surface area contributed by atoms with E-state index in [0.717, 1.165) is 18.2 Å². The molecule has 156 valence electrons. The van der Waals surface area contributed by atoms with Crippen molar-refractivity contribution in [3.63, 3.8) is 0 Å². The highest BCUT2D eigenvalue weighted by molar-refractivity contribution is 6.68. The second-order valence-corrected chi connectivity index (χ2v) is 8.34. The fourth-order valence-electron chi connectivity index (χ4n) is 2.20. The zero-order valence-electron chi connectivity index (χ0n) is 13.9. The first-order valence-electron chi connectivity index (χ1n) is 7.55. The van der Waals surface area contributed by atoms with Crippen molar-refractivity contribution < 1.29 is 22.9 Å². The lowest BCUT2D eigenvalue weighted by Crippen LogP contribution is -2.49. The van der Waals surface area contributed by atoms with Crippen LogP contribution in [0.25, 0.3) is 0 Å². The van der Waals surface area contributed by atoms with E-state index in [9.17, 15) is 28.1 Å². The van der Waals surface area contributed by atoms with Gasteiger partial charge in [-0.15, -0.1) is 0 Å². The molecular weight excluding hydrogens is 481 g/mol. The lowest BCUT2D eigenvalue weighted by atomic mass is 10.1. The Morgan fingerprint density at radius 3 is 2.28 bits per heavy atom. The van der Waals surface area contributed by atoms with Crippen molar-refractivity contribution in [2.24, 2.45) is 0 Å². The van der Waals surface area contributed by atoms with Crippen molar-refractivity contribution in [2.45, 2.75) is 16.1 Å². The van der Waals surface area contributed by atoms with Crippen LogP contribution in [0.15, 0.2) is 42.5 Å². The van der Waals surface area contributed by atoms with Crippen LogP contribution in [0, 0.1) is 10.1 Å². The molecule has 1 amide bonds. The number of anilines is 1. The monoisotopic (exact) mass is 489 g/mol. The van der Waals surface area contributed by atoms with E-state index in [1.807, 2.05) is 0 Å². The van der Waals surface area contributed by atoms with E-state index in [0.29, 0.717) is 6.07 Å². The predicted octanol–water partition coefficient (Wildman–Crippen LogP) is 5.81. The molecule has 0 spiro atoms. The van der Waals surface area contributed by atoms with Gasteiger partial charge in [0.1, 0.15) is 11.7 Å². The molecule has 0 aliphatic rings. The van der Waals surface area contributed by atoms with Crippen LogP contribution in [0.4, 0.5) is 24.5 Å². The van der Waals surface area contributed by atoms with Crippen molar-refractivity contribution in [1.29, 1.82) is 0 Å². The van der Waals surface area contributed by atoms with E-state index in [4.69, 9.17) is 46.4 Å². The minimum absolute atomic E-state index is 0.141. The molecule has 2 aromatic carbocycles. The summed E-state index contributed by atoms with van der Waals surface area (Å²) in [6.07, 6.45) is -6.24. The average Bonchev–Trinajstić information content (AvgIpc) is 2.60. The van der Waals surface area contributed by atoms with Crippen molar-refractivity contribution >= 4 is 63.7 Å². The molecule has 2 N–H and O–H groups in total. The molecule has 2 rings (SSSR count). The van der Waals surface area contributed by atoms with Crippen LogP contribution in [-0.2, 0) is 6.18 Å². The van der Waals surface area contributed by atoms with Crippen molar-refractivity contribution in [3.05, 3.63) is 68.7 Å². The molecule has 0 aromatic heterocycles. The van der Waals surface area contributed by atoms with Gasteiger partial charge in [0.25, 0.3) is 11.6 Å². The molecule has 6 nitrogen and oxygen atoms in total. The SMILES string of the molecule is O=C(NC(Nc1cc(C(F)(F)F)ccc1Cl)C(Cl)(Cl)Cl)c1ccccc1[N+](=O)[O-]. The predicted molar refractivity (Wildman–Crippen MR) is 105 cm³/mol. The number of carbonyl (C=O) groups excluding carboxylic acids is 1. The maximum absolute atomic E-state index is 12.9. The van der Waals surface area contributed by atoms with Gasteiger partial charge in [0.05, 0.1) is 21.2 Å². The third-order valence-corrected chi connectivity index (χ3v) is 4.53. The number of nitrogens with one attached hydrogen (secondary N) is 2. The van der Waals surface area contributed by atoms with Crippen molar-refractivity contribution in [1.82, 2.24) is 5.32 Å². The first-order chi connectivity index (χ1) is 13.3. The number of amides is 1. The van der Waals surface area contributed by atoms with Gasteiger partial charge >= 0.3 is 6.18 Å². The minimum atomic E-state index is -4.66. The van der Waals surface area contributed by atoms with E-state index in [2.05, 4.69) is 10.6 Å². The van der Waals surface area contributed by atoms with Crippen LogP contribution in [0.2, 0.25) is 5.02 Å². The molecule has 0 bridgehead atoms. The molecule has 0 fully saturated rings. The number of nitrogens with zero attached hydrogens (tertiary/aromatic N) is 1. The molecule has 0 saturated heterocycles. The molecule has 29 heavy (non-hydrogen) atoms. The standard InChI is InChI=1S/C16H10Cl4F3N3O3/c17-10-6-5-8(16(21,22)23)7-11(10)24-14(15(18,19)20)25-13(27)9-3-1-2-4-12(9)26(28)29/h1-7,14,24H,(H,25,27). The molecule has 0 aliphatic carbocycles. The van der Waals surface area contributed by atoms with Crippen LogP contribution in [0.3, 0.4) is 0 Å². The van der Waals surface area contributed by atoms with Crippen LogP contribution in [0.5, 0.6) is 0 Å². The minimum Gasteiger partial charge on any atom is -0.361 e. The van der Waals surface area contributed by atoms with Crippen molar-refractivity contribution in [2.75, 3.05) is 5.32 Å². The molecule has 0 heterocycles. The van der Waals surface area contributed by atoms with E-state index in [1.54, 1.807) is 0 Å². The second-order valence-electron chi connectivity index (χ2n) is 5.56. The summed E-state index contributed by atoms with van der Waals surface area (Å²) in [5, 5.41) is 15.6. The zero-order valence-corrected chi connectivity index (χ0v) is 17.0. The largest absolute Gasteiger partial charge is 0.416 e. The van der Waals surface area contributed by atoms with E-state index in [1.165, 1.54) is 18.2 Å². The maximum Gasteiger partial charge on any atom is 0.416 e. The third-order valence-electron chi connectivity index (χ3n) is 3.54. The van der Waals surface area contributed by atoms with E-state index in [-0.39, 0.29) is 16.3 Å². The Labute approximate surface area is 182 Å². The van der Waals surface area contributed by atoms with Gasteiger partial charge in [0, 0.05) is 6.07 Å². The number of benzene rings is 2. The molecule has 0 saturated carbocycles. The number of nitro groups is 1. The Morgan fingerprint density at radius 2 is 1.72 bits per heavy atom. The summed E-state index contributed by atoms with van der Waals surface area (Å²) in [4.78, 5) is 22.8. The summed E-state index contributed by atoms with van der Waals surface area (Å²) >= 11 is 23.4. The summed E-state index contributed by atoms with van der Waals surface area (Å²) in [6.45, 7) is 0. The van der Waals surface area contributed by atoms with Gasteiger partial charge < -0.3 is 10.6 Å². The zero-order chi connectivity index (χ0) is 22.0. The molecule has 0 radical (unpaired) electrons. The van der Waals surface area contributed by atoms with Gasteiger partial charge in [-0.05, 0) is 24.3 Å². The molecule has 13 heteroatoms. The number of rotatable bonds is 5. The molecule has 1 atom stereocenters. The van der Waals surface area contributed by atoms with Gasteiger partial charge in [-0.3, -0.25) is 14.9 Å². The highest BCUT2D eigenvalue weighted by Crippen LogP contribution is 2.36. The lowest BCUT2D eigenvalue weighted by Gasteiger charge is -2.28. The summed E-state index contributed by atoms with van der Waals surface area (Å²) < 4.78 is 36.6. The van der Waals surface area contributed by atoms with Crippen LogP contribution in [-0.4, -0.2) is 20.8 Å². The number of carbonyl (C=O) groups is 1. The maximum atomic E-state index is 12.9. The number of hydrogen-bond acceptors (Lipinski definition) is 4. The second kappa shape index (κ2) is 8.83. The summed E-state index contributed by atoms with van der Waals surface area (Å²) in [5.41, 5.74) is -2.16. The Kier molecular flexibility index (Phi) is 7.10. The normalized spacial score (nSPS) is 12.9. The number of nitro benzene ring substituents is 1. The van der Waals surface area contributed by atoms with E-state index < -0.39 is 38.2 Å². The Bertz CT molecular complexity index is 936. The molecule has 2 aromatic rings. The smallest absolute Gasteiger partial charge is 0.361 e. The summed E-state index contributed by atoms with van der Waals surface area (Å²) in [5.74, 6) is -0.996. The topological polar surface area (TPSA) is 84.3 Å².